The van der Waals surface area contributed by atoms with E-state index in [0.29, 0.717) is 56.2 Å². The van der Waals surface area contributed by atoms with Crippen LogP contribution >= 0.6 is 0 Å². The molecular weight excluding hydrogens is 474 g/mol. The van der Waals surface area contributed by atoms with Crippen molar-refractivity contribution in [2.24, 2.45) is 11.0 Å². The topological polar surface area (TPSA) is 89.9 Å². The van der Waals surface area contributed by atoms with Gasteiger partial charge in [-0.15, -0.1) is 0 Å². The predicted octanol–water partition coefficient (Wildman–Crippen LogP) is 3.67. The van der Waals surface area contributed by atoms with Crippen molar-refractivity contribution >= 4 is 17.6 Å². The zero-order valence-corrected chi connectivity index (χ0v) is 21.9. The summed E-state index contributed by atoms with van der Waals surface area (Å²) in [6.07, 6.45) is 1.87. The smallest absolute Gasteiger partial charge is 0.309 e. The van der Waals surface area contributed by atoms with E-state index in [1.165, 1.54) is 0 Å². The first-order chi connectivity index (χ1) is 18.0. The Morgan fingerprint density at radius 2 is 1.70 bits per heavy atom. The number of benzene rings is 2. The third kappa shape index (κ3) is 5.88. The van der Waals surface area contributed by atoms with Crippen LogP contribution in [0.5, 0.6) is 17.2 Å². The lowest BCUT2D eigenvalue weighted by Crippen LogP contribution is -2.43. The second-order valence-electron chi connectivity index (χ2n) is 9.12. The van der Waals surface area contributed by atoms with Crippen molar-refractivity contribution in [2.45, 2.75) is 32.2 Å². The van der Waals surface area contributed by atoms with E-state index in [1.54, 1.807) is 26.3 Å². The number of hydrogen-bond acceptors (Lipinski definition) is 8. The first-order valence-corrected chi connectivity index (χ1v) is 12.6. The van der Waals surface area contributed by atoms with Crippen LogP contribution in [0, 0.1) is 5.92 Å². The van der Waals surface area contributed by atoms with Crippen molar-refractivity contribution in [3.05, 3.63) is 53.6 Å². The number of piperidine rings is 1. The van der Waals surface area contributed by atoms with Crippen molar-refractivity contribution < 1.29 is 28.5 Å². The molecule has 37 heavy (non-hydrogen) atoms. The fraction of sp³-hybridized carbons (Fsp3) is 0.464. The summed E-state index contributed by atoms with van der Waals surface area (Å²) in [6, 6.07) is 12.9. The van der Waals surface area contributed by atoms with Crippen LogP contribution in [-0.2, 0) is 14.3 Å². The number of para-hydroxylation sites is 1. The zero-order chi connectivity index (χ0) is 26.4. The van der Waals surface area contributed by atoms with Gasteiger partial charge in [-0.1, -0.05) is 12.1 Å². The van der Waals surface area contributed by atoms with Gasteiger partial charge in [-0.3, -0.25) is 14.5 Å². The lowest BCUT2D eigenvalue weighted by molar-refractivity contribution is -0.149. The third-order valence-electron chi connectivity index (χ3n) is 6.95. The summed E-state index contributed by atoms with van der Waals surface area (Å²) in [6.45, 7) is 3.73. The van der Waals surface area contributed by atoms with Gasteiger partial charge in [-0.2, -0.15) is 5.10 Å². The zero-order valence-electron chi connectivity index (χ0n) is 21.9. The SMILES string of the molecule is CCOC(=O)C1CCN(CC(=O)N2N=C(c3ccccc3OC)C[C@@H]2c2ccc(OC)cc2OC)CC1. The highest BCUT2D eigenvalue weighted by Crippen LogP contribution is 2.40. The summed E-state index contributed by atoms with van der Waals surface area (Å²) in [5, 5.41) is 6.38. The van der Waals surface area contributed by atoms with E-state index >= 15 is 0 Å². The summed E-state index contributed by atoms with van der Waals surface area (Å²) in [5.41, 5.74) is 2.48. The molecule has 1 atom stereocenters. The molecule has 4 rings (SSSR count). The van der Waals surface area contributed by atoms with Gasteiger partial charge in [-0.05, 0) is 57.1 Å². The summed E-state index contributed by atoms with van der Waals surface area (Å²) in [5.74, 6) is 1.65. The van der Waals surface area contributed by atoms with Crippen LogP contribution in [0.4, 0.5) is 0 Å². The van der Waals surface area contributed by atoms with Crippen LogP contribution < -0.4 is 14.2 Å². The van der Waals surface area contributed by atoms with Gasteiger partial charge in [0.15, 0.2) is 0 Å². The molecule has 1 fully saturated rings. The van der Waals surface area contributed by atoms with Gasteiger partial charge < -0.3 is 18.9 Å². The maximum absolute atomic E-state index is 13.7. The number of carbonyl (C=O) groups is 2. The minimum atomic E-state index is -0.342. The fourth-order valence-corrected chi connectivity index (χ4v) is 4.97. The van der Waals surface area contributed by atoms with Crippen LogP contribution in [0.25, 0.3) is 0 Å². The summed E-state index contributed by atoms with van der Waals surface area (Å²) >= 11 is 0. The molecule has 9 nitrogen and oxygen atoms in total. The molecule has 2 aromatic rings. The molecule has 0 aromatic heterocycles. The molecule has 1 amide bonds. The number of amides is 1. The lowest BCUT2D eigenvalue weighted by Gasteiger charge is -2.32. The summed E-state index contributed by atoms with van der Waals surface area (Å²) < 4.78 is 21.8. The van der Waals surface area contributed by atoms with E-state index in [-0.39, 0.29) is 30.4 Å². The minimum Gasteiger partial charge on any atom is -0.497 e. The first-order valence-electron chi connectivity index (χ1n) is 12.6. The van der Waals surface area contributed by atoms with E-state index in [4.69, 9.17) is 24.0 Å². The Hall–Kier alpha value is -3.59. The Labute approximate surface area is 217 Å². The average molecular weight is 510 g/mol. The molecule has 198 valence electrons. The van der Waals surface area contributed by atoms with Crippen LogP contribution in [0.3, 0.4) is 0 Å². The van der Waals surface area contributed by atoms with Gasteiger partial charge in [0.2, 0.25) is 0 Å². The van der Waals surface area contributed by atoms with E-state index in [9.17, 15) is 9.59 Å². The maximum atomic E-state index is 13.7. The molecule has 2 aliphatic rings. The predicted molar refractivity (Wildman–Crippen MR) is 139 cm³/mol. The molecule has 0 saturated carbocycles. The van der Waals surface area contributed by atoms with Gasteiger partial charge in [0.25, 0.3) is 5.91 Å². The standard InChI is InChI=1S/C28H35N3O6/c1-5-37-28(33)19-12-14-30(15-13-19)18-27(32)31-24(22-11-10-20(34-2)16-26(22)36-4)17-23(29-31)21-8-6-7-9-25(21)35-3/h6-11,16,19,24H,5,12-15,17-18H2,1-4H3/t24-/m1/s1. The molecule has 0 bridgehead atoms. The molecule has 2 aromatic carbocycles. The molecule has 0 N–H and O–H groups in total. The quantitative estimate of drug-likeness (QED) is 0.477. The highest BCUT2D eigenvalue weighted by molar-refractivity contribution is 6.05. The number of ether oxygens (including phenoxy) is 4. The monoisotopic (exact) mass is 509 g/mol. The average Bonchev–Trinajstić information content (AvgIpc) is 3.38. The minimum absolute atomic E-state index is 0.107. The van der Waals surface area contributed by atoms with Gasteiger partial charge in [0, 0.05) is 23.6 Å². The van der Waals surface area contributed by atoms with Gasteiger partial charge >= 0.3 is 5.97 Å². The third-order valence-corrected chi connectivity index (χ3v) is 6.95. The highest BCUT2D eigenvalue weighted by Gasteiger charge is 2.37. The largest absolute Gasteiger partial charge is 0.497 e. The Balaban J connectivity index is 1.58. The highest BCUT2D eigenvalue weighted by atomic mass is 16.5. The number of nitrogens with zero attached hydrogens (tertiary/aromatic N) is 3. The van der Waals surface area contributed by atoms with Crippen molar-refractivity contribution in [1.29, 1.82) is 0 Å². The Morgan fingerprint density at radius 1 is 0.973 bits per heavy atom. The van der Waals surface area contributed by atoms with Crippen molar-refractivity contribution in [3.8, 4) is 17.2 Å². The fourth-order valence-electron chi connectivity index (χ4n) is 4.97. The number of likely N-dealkylation sites (tertiary alicyclic amines) is 1. The van der Waals surface area contributed by atoms with Crippen LogP contribution in [-0.4, -0.2) is 75.1 Å². The molecule has 0 radical (unpaired) electrons. The molecule has 2 heterocycles. The first kappa shape index (κ1) is 26.5. The van der Waals surface area contributed by atoms with Crippen LogP contribution in [0.2, 0.25) is 0 Å². The van der Waals surface area contributed by atoms with Gasteiger partial charge in [0.1, 0.15) is 17.2 Å². The molecule has 0 unspecified atom stereocenters. The molecule has 0 aliphatic carbocycles. The van der Waals surface area contributed by atoms with Crippen LogP contribution in [0.15, 0.2) is 47.6 Å². The van der Waals surface area contributed by atoms with Gasteiger partial charge in [0.05, 0.1) is 52.2 Å². The molecular formula is C28H35N3O6. The number of methoxy groups -OCH3 is 3. The number of hydrogen-bond donors (Lipinski definition) is 0. The van der Waals surface area contributed by atoms with Crippen LogP contribution in [0.1, 0.15) is 43.4 Å². The van der Waals surface area contributed by atoms with Gasteiger partial charge in [-0.25, -0.2) is 5.01 Å². The molecule has 1 saturated heterocycles. The summed E-state index contributed by atoms with van der Waals surface area (Å²) in [7, 11) is 4.84. The normalized spacial score (nSPS) is 18.3. The molecule has 0 spiro atoms. The summed E-state index contributed by atoms with van der Waals surface area (Å²) in [4.78, 5) is 27.8. The number of carbonyl (C=O) groups excluding carboxylic acids is 2. The lowest BCUT2D eigenvalue weighted by atomic mass is 9.96. The van der Waals surface area contributed by atoms with Crippen molar-refractivity contribution in [2.75, 3.05) is 47.6 Å². The second kappa shape index (κ2) is 12.1. The number of hydrazone groups is 1. The number of esters is 1. The number of rotatable bonds is 9. The van der Waals surface area contributed by atoms with Crippen molar-refractivity contribution in [1.82, 2.24) is 9.91 Å². The van der Waals surface area contributed by atoms with E-state index in [2.05, 4.69) is 4.90 Å². The Bertz CT molecular complexity index is 1140. The molecule has 9 heteroatoms. The second-order valence-corrected chi connectivity index (χ2v) is 9.12. The van der Waals surface area contributed by atoms with E-state index in [1.807, 2.05) is 49.4 Å². The van der Waals surface area contributed by atoms with Crippen molar-refractivity contribution in [3.63, 3.8) is 0 Å². The Morgan fingerprint density at radius 3 is 2.38 bits per heavy atom. The Kier molecular flexibility index (Phi) is 8.66. The van der Waals surface area contributed by atoms with E-state index < -0.39 is 0 Å². The molecule has 2 aliphatic heterocycles. The van der Waals surface area contributed by atoms with E-state index in [0.717, 1.165) is 16.8 Å². The maximum Gasteiger partial charge on any atom is 0.309 e.